The summed E-state index contributed by atoms with van der Waals surface area (Å²) in [6, 6.07) is 0. The van der Waals surface area contributed by atoms with Crippen LogP contribution in [-0.4, -0.2) is 22.1 Å². The summed E-state index contributed by atoms with van der Waals surface area (Å²) in [5, 5.41) is 9.55. The topological polar surface area (TPSA) is 37.3 Å². The van der Waals surface area contributed by atoms with Gasteiger partial charge in [0.25, 0.3) is 0 Å². The molecule has 0 aromatic carbocycles. The predicted molar refractivity (Wildman–Crippen MR) is 60.7 cm³/mol. The fourth-order valence-corrected chi connectivity index (χ4v) is 3.07. The molecule has 0 radical (unpaired) electrons. The number of thioether (sulfide) groups is 1. The van der Waals surface area contributed by atoms with Crippen LogP contribution in [0.3, 0.4) is 0 Å². The second-order valence-electron chi connectivity index (χ2n) is 4.54. The maximum Gasteiger partial charge on any atom is 0.306 e. The van der Waals surface area contributed by atoms with Gasteiger partial charge in [-0.3, -0.25) is 4.79 Å². The molecule has 0 saturated heterocycles. The number of aliphatic carboxylic acids is 1. The lowest BCUT2D eigenvalue weighted by atomic mass is 9.89. The molecule has 0 aromatic heterocycles. The lowest BCUT2D eigenvalue weighted by Crippen LogP contribution is -2.23. The van der Waals surface area contributed by atoms with Crippen LogP contribution in [0.2, 0.25) is 0 Å². The molecule has 0 bridgehead atoms. The highest BCUT2D eigenvalue weighted by molar-refractivity contribution is 7.99. The van der Waals surface area contributed by atoms with Crippen molar-refractivity contribution in [3.63, 3.8) is 0 Å². The minimum atomic E-state index is -0.600. The van der Waals surface area contributed by atoms with Gasteiger partial charge in [-0.25, -0.2) is 0 Å². The number of hydrogen-bond acceptors (Lipinski definition) is 2. The van der Waals surface area contributed by atoms with Crippen molar-refractivity contribution in [1.29, 1.82) is 0 Å². The zero-order valence-electron chi connectivity index (χ0n) is 9.03. The van der Waals surface area contributed by atoms with Gasteiger partial charge in [0.15, 0.2) is 0 Å². The van der Waals surface area contributed by atoms with Crippen molar-refractivity contribution in [3.05, 3.63) is 0 Å². The van der Waals surface area contributed by atoms with Crippen LogP contribution in [0.4, 0.5) is 0 Å². The van der Waals surface area contributed by atoms with Gasteiger partial charge in [0.2, 0.25) is 0 Å². The fraction of sp³-hybridized carbons (Fsp3) is 0.909. The monoisotopic (exact) mass is 216 g/mol. The third kappa shape index (κ3) is 3.91. The smallest absolute Gasteiger partial charge is 0.306 e. The molecule has 1 saturated carbocycles. The molecule has 0 spiro atoms. The van der Waals surface area contributed by atoms with E-state index < -0.39 is 5.97 Å². The zero-order valence-corrected chi connectivity index (χ0v) is 9.85. The van der Waals surface area contributed by atoms with E-state index >= 15 is 0 Å². The summed E-state index contributed by atoms with van der Waals surface area (Å²) in [5.41, 5.74) is 0. The third-order valence-corrected chi connectivity index (χ3v) is 4.49. The highest BCUT2D eigenvalue weighted by Crippen LogP contribution is 2.32. The van der Waals surface area contributed by atoms with Crippen LogP contribution in [0.25, 0.3) is 0 Å². The van der Waals surface area contributed by atoms with E-state index in [2.05, 4.69) is 13.8 Å². The first-order chi connectivity index (χ1) is 6.59. The molecule has 1 aliphatic carbocycles. The Morgan fingerprint density at radius 3 is 2.36 bits per heavy atom. The third-order valence-electron chi connectivity index (χ3n) is 2.69. The van der Waals surface area contributed by atoms with Crippen LogP contribution in [0.15, 0.2) is 0 Å². The molecule has 0 unspecified atom stereocenters. The van der Waals surface area contributed by atoms with Crippen LogP contribution in [0.1, 0.15) is 39.5 Å². The number of rotatable bonds is 4. The number of carboxylic acid groups (broad SMARTS) is 1. The van der Waals surface area contributed by atoms with Crippen molar-refractivity contribution in [1.82, 2.24) is 0 Å². The lowest BCUT2D eigenvalue weighted by Gasteiger charge is -2.26. The van der Waals surface area contributed by atoms with Gasteiger partial charge in [-0.05, 0) is 37.4 Å². The van der Waals surface area contributed by atoms with Gasteiger partial charge in [0, 0.05) is 5.25 Å². The van der Waals surface area contributed by atoms with E-state index in [0.29, 0.717) is 5.25 Å². The zero-order chi connectivity index (χ0) is 10.6. The molecule has 1 aliphatic rings. The molecule has 0 aromatic rings. The quantitative estimate of drug-likeness (QED) is 0.785. The van der Waals surface area contributed by atoms with E-state index in [1.54, 1.807) is 0 Å². The Morgan fingerprint density at radius 1 is 1.36 bits per heavy atom. The normalized spacial score (nSPS) is 27.9. The Balaban J connectivity index is 2.19. The summed E-state index contributed by atoms with van der Waals surface area (Å²) in [5.74, 6) is 1.29. The van der Waals surface area contributed by atoms with E-state index in [1.165, 1.54) is 5.75 Å². The minimum absolute atomic E-state index is 0.0640. The number of carboxylic acids is 1. The summed E-state index contributed by atoms with van der Waals surface area (Å²) >= 11 is 2.03. The standard InChI is InChI=1S/C11H20O2S/c1-8(2)7-14-10-5-3-9(4-6-10)11(12)13/h8-10H,3-7H2,1-2H3,(H,12,13). The second-order valence-corrected chi connectivity index (χ2v) is 5.87. The number of carbonyl (C=O) groups is 1. The highest BCUT2D eigenvalue weighted by atomic mass is 32.2. The summed E-state index contributed by atoms with van der Waals surface area (Å²) in [6.45, 7) is 4.46. The van der Waals surface area contributed by atoms with Crippen molar-refractivity contribution < 1.29 is 9.90 Å². The molecule has 0 atom stereocenters. The van der Waals surface area contributed by atoms with Gasteiger partial charge in [-0.1, -0.05) is 13.8 Å². The van der Waals surface area contributed by atoms with Crippen molar-refractivity contribution in [2.45, 2.75) is 44.8 Å². The Kier molecular flexibility index (Phi) is 4.79. The first-order valence-electron chi connectivity index (χ1n) is 5.44. The molecule has 0 heterocycles. The van der Waals surface area contributed by atoms with E-state index in [9.17, 15) is 4.79 Å². The van der Waals surface area contributed by atoms with Crippen LogP contribution in [-0.2, 0) is 4.79 Å². The minimum Gasteiger partial charge on any atom is -0.481 e. The van der Waals surface area contributed by atoms with Gasteiger partial charge < -0.3 is 5.11 Å². The SMILES string of the molecule is CC(C)CSC1CCC(C(=O)O)CC1. The molecule has 14 heavy (non-hydrogen) atoms. The summed E-state index contributed by atoms with van der Waals surface area (Å²) in [4.78, 5) is 10.7. The molecule has 2 nitrogen and oxygen atoms in total. The van der Waals surface area contributed by atoms with Crippen LogP contribution >= 0.6 is 11.8 Å². The van der Waals surface area contributed by atoms with Crippen molar-refractivity contribution in [2.24, 2.45) is 11.8 Å². The predicted octanol–water partition coefficient (Wildman–Crippen LogP) is 3.02. The van der Waals surface area contributed by atoms with E-state index in [4.69, 9.17) is 5.11 Å². The fourth-order valence-electron chi connectivity index (χ4n) is 1.80. The first-order valence-corrected chi connectivity index (χ1v) is 6.49. The average Bonchev–Trinajstić information content (AvgIpc) is 2.15. The van der Waals surface area contributed by atoms with Gasteiger partial charge >= 0.3 is 5.97 Å². The largest absolute Gasteiger partial charge is 0.481 e. The van der Waals surface area contributed by atoms with E-state index in [0.717, 1.165) is 31.6 Å². The van der Waals surface area contributed by atoms with Crippen molar-refractivity contribution in [3.8, 4) is 0 Å². The summed E-state index contributed by atoms with van der Waals surface area (Å²) in [6.07, 6.45) is 3.94. The molecule has 1 N–H and O–H groups in total. The maximum atomic E-state index is 10.7. The first kappa shape index (κ1) is 11.9. The second kappa shape index (κ2) is 5.64. The maximum absolute atomic E-state index is 10.7. The highest BCUT2D eigenvalue weighted by Gasteiger charge is 2.25. The van der Waals surface area contributed by atoms with Crippen LogP contribution in [0.5, 0.6) is 0 Å². The molecular weight excluding hydrogens is 196 g/mol. The summed E-state index contributed by atoms with van der Waals surface area (Å²) < 4.78 is 0. The average molecular weight is 216 g/mol. The van der Waals surface area contributed by atoms with Crippen molar-refractivity contribution in [2.75, 3.05) is 5.75 Å². The summed E-state index contributed by atoms with van der Waals surface area (Å²) in [7, 11) is 0. The number of hydrogen-bond donors (Lipinski definition) is 1. The van der Waals surface area contributed by atoms with Gasteiger partial charge in [0.1, 0.15) is 0 Å². The van der Waals surface area contributed by atoms with E-state index in [-0.39, 0.29) is 5.92 Å². The van der Waals surface area contributed by atoms with Crippen molar-refractivity contribution >= 4 is 17.7 Å². The molecular formula is C11H20O2S. The Hall–Kier alpha value is -0.180. The molecule has 0 aliphatic heterocycles. The molecule has 1 rings (SSSR count). The van der Waals surface area contributed by atoms with Crippen LogP contribution < -0.4 is 0 Å². The Morgan fingerprint density at radius 2 is 1.93 bits per heavy atom. The lowest BCUT2D eigenvalue weighted by molar-refractivity contribution is -0.142. The van der Waals surface area contributed by atoms with Gasteiger partial charge in [-0.15, -0.1) is 0 Å². The van der Waals surface area contributed by atoms with Gasteiger partial charge in [0.05, 0.1) is 5.92 Å². The Labute approximate surface area is 90.5 Å². The molecule has 0 amide bonds. The Bertz CT molecular complexity index is 184. The van der Waals surface area contributed by atoms with Gasteiger partial charge in [-0.2, -0.15) is 11.8 Å². The molecule has 1 fully saturated rings. The van der Waals surface area contributed by atoms with Crippen LogP contribution in [0, 0.1) is 11.8 Å². The molecule has 3 heteroatoms. The van der Waals surface area contributed by atoms with E-state index in [1.807, 2.05) is 11.8 Å². The molecule has 82 valence electrons.